The van der Waals surface area contributed by atoms with Gasteiger partial charge in [0.25, 0.3) is 5.69 Å². The molecule has 0 aliphatic carbocycles. The first kappa shape index (κ1) is 20.5. The average Bonchev–Trinajstić information content (AvgIpc) is 3.09. The topological polar surface area (TPSA) is 103 Å². The lowest BCUT2D eigenvalue weighted by Gasteiger charge is -2.08. The van der Waals surface area contributed by atoms with Gasteiger partial charge in [-0.2, -0.15) is 0 Å². The predicted octanol–water partition coefficient (Wildman–Crippen LogP) is 3.84. The van der Waals surface area contributed by atoms with Crippen molar-refractivity contribution in [2.24, 2.45) is 0 Å². The smallest absolute Gasteiger partial charge is 0.293 e. The lowest BCUT2D eigenvalue weighted by molar-refractivity contribution is -0.384. The van der Waals surface area contributed by atoms with Gasteiger partial charge in [0.2, 0.25) is 5.91 Å². The van der Waals surface area contributed by atoms with E-state index in [1.165, 1.54) is 17.8 Å². The number of hydrogen-bond acceptors (Lipinski definition) is 6. The molecule has 0 radical (unpaired) electrons. The molecule has 1 amide bonds. The van der Waals surface area contributed by atoms with Crippen molar-refractivity contribution in [1.29, 1.82) is 0 Å². The number of aryl methyl sites for hydroxylation is 1. The monoisotopic (exact) mass is 411 g/mol. The van der Waals surface area contributed by atoms with Crippen LogP contribution in [0.15, 0.2) is 53.7 Å². The molecule has 150 valence electrons. The molecule has 0 aliphatic rings. The number of nitro groups is 1. The number of carbonyl (C=O) groups excluding carboxylic acids is 1. The minimum atomic E-state index is -0.501. The van der Waals surface area contributed by atoms with Crippen LogP contribution in [0, 0.1) is 17.0 Å². The number of hydrogen-bond donors (Lipinski definition) is 1. The molecule has 1 aromatic heterocycles. The Labute approximate surface area is 172 Å². The van der Waals surface area contributed by atoms with Crippen molar-refractivity contribution in [3.05, 3.63) is 75.6 Å². The number of aromatic nitrogens is 3. The van der Waals surface area contributed by atoms with E-state index in [0.29, 0.717) is 18.1 Å². The minimum absolute atomic E-state index is 0.0779. The molecule has 2 aromatic carbocycles. The maximum Gasteiger partial charge on any atom is 0.293 e. The first-order valence-corrected chi connectivity index (χ1v) is 10.1. The molecule has 0 unspecified atom stereocenters. The van der Waals surface area contributed by atoms with Crippen molar-refractivity contribution in [2.75, 3.05) is 11.1 Å². The molecule has 0 saturated heterocycles. The summed E-state index contributed by atoms with van der Waals surface area (Å²) >= 11 is 1.26. The summed E-state index contributed by atoms with van der Waals surface area (Å²) in [4.78, 5) is 23.0. The fourth-order valence-corrected chi connectivity index (χ4v) is 3.69. The van der Waals surface area contributed by atoms with Gasteiger partial charge in [0.15, 0.2) is 5.16 Å². The summed E-state index contributed by atoms with van der Waals surface area (Å²) in [5.41, 5.74) is 1.96. The van der Waals surface area contributed by atoms with E-state index in [4.69, 9.17) is 0 Å². The first-order chi connectivity index (χ1) is 14.0. The normalized spacial score (nSPS) is 10.7. The Morgan fingerprint density at radius 2 is 1.97 bits per heavy atom. The summed E-state index contributed by atoms with van der Waals surface area (Å²) in [5, 5.41) is 22.9. The molecule has 0 fully saturated rings. The van der Waals surface area contributed by atoms with Crippen LogP contribution >= 0.6 is 11.8 Å². The zero-order valence-corrected chi connectivity index (χ0v) is 17.0. The quantitative estimate of drug-likeness (QED) is 0.343. The summed E-state index contributed by atoms with van der Waals surface area (Å²) in [7, 11) is 0. The third-order valence-electron chi connectivity index (χ3n) is 4.27. The van der Waals surface area contributed by atoms with Crippen molar-refractivity contribution in [2.45, 2.75) is 32.0 Å². The summed E-state index contributed by atoms with van der Waals surface area (Å²) in [6, 6.07) is 14.7. The van der Waals surface area contributed by atoms with Gasteiger partial charge < -0.3 is 9.88 Å². The largest absolute Gasteiger partial charge is 0.320 e. The fourth-order valence-electron chi connectivity index (χ4n) is 2.87. The van der Waals surface area contributed by atoms with Crippen LogP contribution < -0.4 is 5.32 Å². The highest BCUT2D eigenvalue weighted by molar-refractivity contribution is 7.99. The Kier molecular flexibility index (Phi) is 6.61. The van der Waals surface area contributed by atoms with E-state index in [1.807, 2.05) is 41.8 Å². The number of amides is 1. The van der Waals surface area contributed by atoms with E-state index in [-0.39, 0.29) is 23.0 Å². The molecule has 3 aromatic rings. The Morgan fingerprint density at radius 1 is 1.21 bits per heavy atom. The lowest BCUT2D eigenvalue weighted by Crippen LogP contribution is -2.16. The highest BCUT2D eigenvalue weighted by Crippen LogP contribution is 2.26. The fraction of sp³-hybridized carbons (Fsp3) is 0.250. The molecule has 0 bridgehead atoms. The summed E-state index contributed by atoms with van der Waals surface area (Å²) in [6.45, 7) is 4.44. The summed E-state index contributed by atoms with van der Waals surface area (Å²) in [5.74, 6) is 0.571. The highest BCUT2D eigenvalue weighted by atomic mass is 32.2. The second-order valence-electron chi connectivity index (χ2n) is 6.42. The van der Waals surface area contributed by atoms with E-state index < -0.39 is 4.92 Å². The van der Waals surface area contributed by atoms with Crippen LogP contribution in [0.2, 0.25) is 0 Å². The molecule has 9 heteroatoms. The molecule has 29 heavy (non-hydrogen) atoms. The van der Waals surface area contributed by atoms with Crippen molar-refractivity contribution in [1.82, 2.24) is 14.8 Å². The molecule has 1 heterocycles. The van der Waals surface area contributed by atoms with Crippen molar-refractivity contribution < 1.29 is 9.72 Å². The van der Waals surface area contributed by atoms with Gasteiger partial charge in [-0.3, -0.25) is 14.9 Å². The highest BCUT2D eigenvalue weighted by Gasteiger charge is 2.18. The number of nitro benzene ring substituents is 1. The maximum atomic E-state index is 12.3. The van der Waals surface area contributed by atoms with Crippen LogP contribution in [-0.2, 0) is 17.8 Å². The molecule has 3 rings (SSSR count). The third-order valence-corrected chi connectivity index (χ3v) is 5.24. The van der Waals surface area contributed by atoms with Gasteiger partial charge in [-0.15, -0.1) is 10.2 Å². The van der Waals surface area contributed by atoms with Gasteiger partial charge in [-0.25, -0.2) is 0 Å². The predicted molar refractivity (Wildman–Crippen MR) is 112 cm³/mol. The van der Waals surface area contributed by atoms with Gasteiger partial charge in [0.1, 0.15) is 11.5 Å². The van der Waals surface area contributed by atoms with Crippen molar-refractivity contribution >= 4 is 29.0 Å². The number of anilines is 1. The van der Waals surface area contributed by atoms with Gasteiger partial charge in [0, 0.05) is 19.0 Å². The number of rotatable bonds is 8. The number of nitrogens with one attached hydrogen (secondary N) is 1. The van der Waals surface area contributed by atoms with Crippen LogP contribution in [0.3, 0.4) is 0 Å². The number of nitrogens with zero attached hydrogens (tertiary/aromatic N) is 4. The first-order valence-electron chi connectivity index (χ1n) is 9.11. The number of thioether (sulfide) groups is 1. The van der Waals surface area contributed by atoms with Crippen LogP contribution in [0.5, 0.6) is 0 Å². The Balaban J connectivity index is 1.66. The molecule has 0 aliphatic heterocycles. The second-order valence-corrected chi connectivity index (χ2v) is 7.36. The minimum Gasteiger partial charge on any atom is -0.320 e. The van der Waals surface area contributed by atoms with Gasteiger partial charge in [-0.05, 0) is 31.0 Å². The summed E-state index contributed by atoms with van der Waals surface area (Å²) < 4.78 is 1.97. The van der Waals surface area contributed by atoms with E-state index >= 15 is 0 Å². The maximum absolute atomic E-state index is 12.3. The zero-order chi connectivity index (χ0) is 20.8. The van der Waals surface area contributed by atoms with Gasteiger partial charge >= 0.3 is 0 Å². The average molecular weight is 411 g/mol. The van der Waals surface area contributed by atoms with Crippen LogP contribution in [0.1, 0.15) is 23.9 Å². The number of carbonyl (C=O) groups is 1. The molecule has 8 nitrogen and oxygen atoms in total. The van der Waals surface area contributed by atoms with Gasteiger partial charge in [0.05, 0.1) is 10.7 Å². The molecule has 0 spiro atoms. The van der Waals surface area contributed by atoms with Gasteiger partial charge in [-0.1, -0.05) is 48.2 Å². The zero-order valence-electron chi connectivity index (χ0n) is 16.2. The van der Waals surface area contributed by atoms with Crippen molar-refractivity contribution in [3.63, 3.8) is 0 Å². The standard InChI is InChI=1S/C20H21N5O3S/c1-3-24-18(12-15-7-5-4-6-8-15)22-23-20(24)29-13-19(26)21-16-10-9-14(2)11-17(16)25(27)28/h4-11H,3,12-13H2,1-2H3,(H,21,26). The third kappa shape index (κ3) is 5.20. The molecule has 0 saturated carbocycles. The Morgan fingerprint density at radius 3 is 2.66 bits per heavy atom. The SMILES string of the molecule is CCn1c(Cc2ccccc2)nnc1SCC(=O)Nc1ccc(C)cc1[N+](=O)[O-]. The van der Waals surface area contributed by atoms with E-state index in [2.05, 4.69) is 15.5 Å². The van der Waals surface area contributed by atoms with E-state index in [9.17, 15) is 14.9 Å². The van der Waals surface area contributed by atoms with E-state index in [1.54, 1.807) is 19.1 Å². The Hall–Kier alpha value is -3.20. The second kappa shape index (κ2) is 9.33. The molecule has 0 atom stereocenters. The van der Waals surface area contributed by atoms with Crippen LogP contribution in [-0.4, -0.2) is 31.3 Å². The van der Waals surface area contributed by atoms with E-state index in [0.717, 1.165) is 17.0 Å². The van der Waals surface area contributed by atoms with Crippen LogP contribution in [0.25, 0.3) is 0 Å². The number of benzene rings is 2. The summed E-state index contributed by atoms with van der Waals surface area (Å²) in [6.07, 6.45) is 0.657. The lowest BCUT2D eigenvalue weighted by atomic mass is 10.1. The Bertz CT molecular complexity index is 1020. The molecule has 1 N–H and O–H groups in total. The molecular weight excluding hydrogens is 390 g/mol. The van der Waals surface area contributed by atoms with Crippen molar-refractivity contribution in [3.8, 4) is 0 Å². The van der Waals surface area contributed by atoms with Crippen LogP contribution in [0.4, 0.5) is 11.4 Å². The molecular formula is C20H21N5O3S.